The Hall–Kier alpha value is -2.64. The third kappa shape index (κ3) is 5.24. The smallest absolute Gasteiger partial charge is 0.306 e. The summed E-state index contributed by atoms with van der Waals surface area (Å²) in [5.41, 5.74) is -0.170. The summed E-state index contributed by atoms with van der Waals surface area (Å²) >= 11 is 0. The first-order valence-corrected chi connectivity index (χ1v) is 7.14. The molecule has 0 aliphatic carbocycles. The van der Waals surface area contributed by atoms with Gasteiger partial charge in [0, 0.05) is 33.8 Å². The van der Waals surface area contributed by atoms with Gasteiger partial charge in [0.15, 0.2) is 0 Å². The normalized spacial score (nSPS) is 10.1. The van der Waals surface area contributed by atoms with Crippen LogP contribution in [-0.4, -0.2) is 48.0 Å². The second kappa shape index (κ2) is 8.11. The van der Waals surface area contributed by atoms with Crippen molar-refractivity contribution in [3.63, 3.8) is 0 Å². The highest BCUT2D eigenvalue weighted by Crippen LogP contribution is 2.08. The number of aromatic nitrogens is 1. The molecule has 0 aliphatic heterocycles. The second-order valence-electron chi connectivity index (χ2n) is 5.11. The average molecular weight is 323 g/mol. The van der Waals surface area contributed by atoms with E-state index in [1.807, 2.05) is 0 Å². The first-order chi connectivity index (χ1) is 10.8. The summed E-state index contributed by atoms with van der Waals surface area (Å²) in [6, 6.07) is 1.33. The van der Waals surface area contributed by atoms with Crippen molar-refractivity contribution in [2.75, 3.05) is 26.0 Å². The summed E-state index contributed by atoms with van der Waals surface area (Å²) < 4.78 is 5.95. The molecule has 1 rings (SSSR count). The number of amides is 2. The lowest BCUT2D eigenvalue weighted by atomic mass is 10.2. The molecule has 8 heteroatoms. The highest BCUT2D eigenvalue weighted by molar-refractivity contribution is 5.97. The molecule has 0 spiro atoms. The second-order valence-corrected chi connectivity index (χ2v) is 5.11. The number of anilines is 1. The molecule has 1 N–H and O–H groups in total. The van der Waals surface area contributed by atoms with Crippen molar-refractivity contribution in [1.82, 2.24) is 9.47 Å². The van der Waals surface area contributed by atoms with Gasteiger partial charge in [-0.2, -0.15) is 0 Å². The van der Waals surface area contributed by atoms with Gasteiger partial charge in [-0.25, -0.2) is 0 Å². The molecular formula is C15H21N3O5. The molecule has 8 nitrogen and oxygen atoms in total. The van der Waals surface area contributed by atoms with E-state index >= 15 is 0 Å². The molecule has 2 amide bonds. The Morgan fingerprint density at radius 3 is 2.48 bits per heavy atom. The lowest BCUT2D eigenvalue weighted by Crippen LogP contribution is -2.28. The molecule has 0 radical (unpaired) electrons. The number of carbonyl (C=O) groups is 3. The monoisotopic (exact) mass is 323 g/mol. The maximum absolute atomic E-state index is 12.0. The number of nitrogens with zero attached hydrogens (tertiary/aromatic N) is 2. The zero-order chi connectivity index (χ0) is 17.6. The minimum atomic E-state index is -0.496. The summed E-state index contributed by atoms with van der Waals surface area (Å²) in [7, 11) is 4.67. The molecule has 0 unspecified atom stereocenters. The Balaban J connectivity index is 2.87. The van der Waals surface area contributed by atoms with E-state index in [1.54, 1.807) is 21.0 Å². The van der Waals surface area contributed by atoms with E-state index in [4.69, 9.17) is 4.74 Å². The molecule has 1 aromatic rings. The average Bonchev–Trinajstić information content (AvgIpc) is 2.49. The van der Waals surface area contributed by atoms with Crippen molar-refractivity contribution >= 4 is 23.5 Å². The SMILES string of the molecule is CCOC(=O)CCC(=O)Nc1cc(C(=O)N(C)C)cn(C)c1=O. The molecule has 0 atom stereocenters. The molecular weight excluding hydrogens is 302 g/mol. The van der Waals surface area contributed by atoms with Gasteiger partial charge >= 0.3 is 5.97 Å². The number of aryl methyl sites for hydroxylation is 1. The van der Waals surface area contributed by atoms with Crippen LogP contribution in [0, 0.1) is 0 Å². The number of rotatable bonds is 6. The Bertz CT molecular complexity index is 664. The predicted octanol–water partition coefficient (Wildman–Crippen LogP) is 0.369. The third-order valence-corrected chi connectivity index (χ3v) is 2.97. The number of ether oxygens (including phenoxy) is 1. The molecule has 1 aromatic heterocycles. The Morgan fingerprint density at radius 2 is 1.91 bits per heavy atom. The van der Waals surface area contributed by atoms with Crippen molar-refractivity contribution in [3.05, 3.63) is 28.2 Å². The van der Waals surface area contributed by atoms with Crippen molar-refractivity contribution in [1.29, 1.82) is 0 Å². The van der Waals surface area contributed by atoms with E-state index in [2.05, 4.69) is 5.32 Å². The van der Waals surface area contributed by atoms with Gasteiger partial charge in [0.1, 0.15) is 5.69 Å². The largest absolute Gasteiger partial charge is 0.466 e. The Kier molecular flexibility index (Phi) is 6.49. The van der Waals surface area contributed by atoms with E-state index in [0.717, 1.165) is 0 Å². The van der Waals surface area contributed by atoms with Gasteiger partial charge in [-0.05, 0) is 13.0 Å². The van der Waals surface area contributed by atoms with Gasteiger partial charge in [0.25, 0.3) is 11.5 Å². The van der Waals surface area contributed by atoms with E-state index in [0.29, 0.717) is 0 Å². The summed E-state index contributed by atoms with van der Waals surface area (Å²) in [5.74, 6) is -1.26. The minimum Gasteiger partial charge on any atom is -0.466 e. The maximum Gasteiger partial charge on any atom is 0.306 e. The summed E-state index contributed by atoms with van der Waals surface area (Å²) in [6.07, 6.45) is 1.23. The van der Waals surface area contributed by atoms with Gasteiger partial charge in [-0.1, -0.05) is 0 Å². The number of pyridine rings is 1. The van der Waals surface area contributed by atoms with Crippen LogP contribution in [0.1, 0.15) is 30.1 Å². The zero-order valence-corrected chi connectivity index (χ0v) is 13.7. The molecule has 0 saturated heterocycles. The lowest BCUT2D eigenvalue weighted by Gasteiger charge is -2.13. The fourth-order valence-corrected chi connectivity index (χ4v) is 1.84. The summed E-state index contributed by atoms with van der Waals surface area (Å²) in [6.45, 7) is 1.92. The minimum absolute atomic E-state index is 0.00550. The highest BCUT2D eigenvalue weighted by Gasteiger charge is 2.15. The molecule has 126 valence electrons. The number of esters is 1. The fraction of sp³-hybridized carbons (Fsp3) is 0.467. The van der Waals surface area contributed by atoms with Gasteiger partial charge in [-0.15, -0.1) is 0 Å². The van der Waals surface area contributed by atoms with Crippen LogP contribution >= 0.6 is 0 Å². The number of hydrogen-bond acceptors (Lipinski definition) is 5. The highest BCUT2D eigenvalue weighted by atomic mass is 16.5. The van der Waals surface area contributed by atoms with Crippen molar-refractivity contribution in [2.24, 2.45) is 7.05 Å². The van der Waals surface area contributed by atoms with Gasteiger partial charge < -0.3 is 19.5 Å². The van der Waals surface area contributed by atoms with Crippen LogP contribution < -0.4 is 10.9 Å². The summed E-state index contributed by atoms with van der Waals surface area (Å²) in [4.78, 5) is 48.4. The first kappa shape index (κ1) is 18.4. The van der Waals surface area contributed by atoms with E-state index in [-0.39, 0.29) is 36.6 Å². The standard InChI is InChI=1S/C15H21N3O5/c1-5-23-13(20)7-6-12(19)16-11-8-10(14(21)17(2)3)9-18(4)15(11)22/h8-9H,5-7H2,1-4H3,(H,16,19). The van der Waals surface area contributed by atoms with Crippen LogP contribution in [0.5, 0.6) is 0 Å². The fourth-order valence-electron chi connectivity index (χ4n) is 1.84. The number of carbonyl (C=O) groups excluding carboxylic acids is 3. The molecule has 0 fully saturated rings. The van der Waals surface area contributed by atoms with Crippen molar-refractivity contribution < 1.29 is 19.1 Å². The van der Waals surface area contributed by atoms with Gasteiger partial charge in [0.2, 0.25) is 5.91 Å². The van der Waals surface area contributed by atoms with Gasteiger partial charge in [-0.3, -0.25) is 19.2 Å². The lowest BCUT2D eigenvalue weighted by molar-refractivity contribution is -0.144. The molecule has 1 heterocycles. The summed E-state index contributed by atoms with van der Waals surface area (Å²) in [5, 5.41) is 2.43. The van der Waals surface area contributed by atoms with Crippen LogP contribution in [-0.2, 0) is 21.4 Å². The van der Waals surface area contributed by atoms with Crippen molar-refractivity contribution in [2.45, 2.75) is 19.8 Å². The topological polar surface area (TPSA) is 97.7 Å². The zero-order valence-electron chi connectivity index (χ0n) is 13.7. The first-order valence-electron chi connectivity index (χ1n) is 7.14. The van der Waals surface area contributed by atoms with E-state index in [1.165, 1.54) is 28.8 Å². The van der Waals surface area contributed by atoms with E-state index in [9.17, 15) is 19.2 Å². The van der Waals surface area contributed by atoms with Crippen LogP contribution in [0.3, 0.4) is 0 Å². The number of nitrogens with one attached hydrogen (secondary N) is 1. The molecule has 0 aliphatic rings. The van der Waals surface area contributed by atoms with Crippen LogP contribution in [0.2, 0.25) is 0 Å². The third-order valence-electron chi connectivity index (χ3n) is 2.97. The van der Waals surface area contributed by atoms with Gasteiger partial charge in [0.05, 0.1) is 18.6 Å². The molecule has 23 heavy (non-hydrogen) atoms. The maximum atomic E-state index is 12.0. The van der Waals surface area contributed by atoms with Crippen LogP contribution in [0.25, 0.3) is 0 Å². The van der Waals surface area contributed by atoms with Crippen LogP contribution in [0.4, 0.5) is 5.69 Å². The molecule has 0 saturated carbocycles. The Morgan fingerprint density at radius 1 is 1.26 bits per heavy atom. The van der Waals surface area contributed by atoms with Crippen molar-refractivity contribution in [3.8, 4) is 0 Å². The molecule has 0 aromatic carbocycles. The quantitative estimate of drug-likeness (QED) is 0.763. The molecule has 0 bridgehead atoms. The predicted molar refractivity (Wildman–Crippen MR) is 84.2 cm³/mol. The Labute approximate surface area is 134 Å². The number of hydrogen-bond donors (Lipinski definition) is 1. The van der Waals surface area contributed by atoms with E-state index < -0.39 is 17.4 Å². The van der Waals surface area contributed by atoms with Crippen LogP contribution in [0.15, 0.2) is 17.1 Å².